The average molecular weight is 278 g/mol. The van der Waals surface area contributed by atoms with Crippen LogP contribution >= 0.6 is 0 Å². The second kappa shape index (κ2) is 5.58. The Morgan fingerprint density at radius 2 is 1.95 bits per heavy atom. The normalized spacial score (nSPS) is 22.9. The smallest absolute Gasteiger partial charge is 0.184 e. The van der Waals surface area contributed by atoms with E-state index in [1.165, 1.54) is 12.3 Å². The van der Waals surface area contributed by atoms with Crippen molar-refractivity contribution in [2.75, 3.05) is 26.3 Å². The van der Waals surface area contributed by atoms with E-state index in [9.17, 15) is 9.18 Å². The van der Waals surface area contributed by atoms with Crippen molar-refractivity contribution in [2.24, 2.45) is 0 Å². The molecule has 20 heavy (non-hydrogen) atoms. The number of nitrogens with zero attached hydrogens (tertiary/aromatic N) is 2. The van der Waals surface area contributed by atoms with Gasteiger partial charge in [-0.3, -0.25) is 14.7 Å². The minimum Gasteiger partial charge on any atom is -0.379 e. The quantitative estimate of drug-likeness (QED) is 0.794. The molecule has 0 amide bonds. The molecule has 4 nitrogen and oxygen atoms in total. The first-order valence-electron chi connectivity index (χ1n) is 7.20. The highest BCUT2D eigenvalue weighted by Gasteiger charge is 2.46. The third kappa shape index (κ3) is 2.36. The lowest BCUT2D eigenvalue weighted by atomic mass is 9.86. The Hall–Kier alpha value is -1.33. The standard InChI is InChI=1S/C15H19FN2O2/c16-13-9-12(10-17-11-13)14(19)15(3-1-2-4-15)18-5-7-20-8-6-18/h9-11H,1-8H2. The fourth-order valence-electron chi connectivity index (χ4n) is 3.44. The average Bonchev–Trinajstić information content (AvgIpc) is 2.98. The first-order chi connectivity index (χ1) is 9.72. The van der Waals surface area contributed by atoms with Gasteiger partial charge in [0.25, 0.3) is 0 Å². The zero-order valence-corrected chi connectivity index (χ0v) is 11.5. The Balaban J connectivity index is 1.91. The first-order valence-corrected chi connectivity index (χ1v) is 7.20. The van der Waals surface area contributed by atoms with E-state index in [0.29, 0.717) is 18.8 Å². The van der Waals surface area contributed by atoms with Gasteiger partial charge in [0.1, 0.15) is 5.82 Å². The number of aromatic nitrogens is 1. The van der Waals surface area contributed by atoms with Gasteiger partial charge < -0.3 is 4.74 Å². The van der Waals surface area contributed by atoms with Crippen molar-refractivity contribution in [1.82, 2.24) is 9.88 Å². The Morgan fingerprint density at radius 3 is 2.60 bits per heavy atom. The van der Waals surface area contributed by atoms with Crippen LogP contribution in [0.15, 0.2) is 18.5 Å². The van der Waals surface area contributed by atoms with Crippen LogP contribution in [0, 0.1) is 5.82 Å². The van der Waals surface area contributed by atoms with Crippen molar-refractivity contribution in [3.63, 3.8) is 0 Å². The molecule has 108 valence electrons. The van der Waals surface area contributed by atoms with E-state index in [1.807, 2.05) is 0 Å². The molecule has 0 unspecified atom stereocenters. The van der Waals surface area contributed by atoms with E-state index in [0.717, 1.165) is 45.0 Å². The van der Waals surface area contributed by atoms with Crippen LogP contribution in [0.25, 0.3) is 0 Å². The predicted molar refractivity (Wildman–Crippen MR) is 72.1 cm³/mol. The van der Waals surface area contributed by atoms with Gasteiger partial charge in [0.15, 0.2) is 5.78 Å². The summed E-state index contributed by atoms with van der Waals surface area (Å²) in [5.74, 6) is -0.435. The lowest BCUT2D eigenvalue weighted by Crippen LogP contribution is -2.56. The van der Waals surface area contributed by atoms with Crippen molar-refractivity contribution in [3.8, 4) is 0 Å². The van der Waals surface area contributed by atoms with Crippen LogP contribution in [0.4, 0.5) is 4.39 Å². The number of halogens is 1. The maximum atomic E-state index is 13.3. The van der Waals surface area contributed by atoms with E-state index < -0.39 is 11.4 Å². The maximum Gasteiger partial charge on any atom is 0.184 e. The maximum absolute atomic E-state index is 13.3. The molecule has 0 spiro atoms. The number of ketones is 1. The van der Waals surface area contributed by atoms with Crippen LogP contribution in [-0.2, 0) is 4.74 Å². The predicted octanol–water partition coefficient (Wildman–Crippen LogP) is 2.05. The Kier molecular flexibility index (Phi) is 3.81. The number of carbonyl (C=O) groups is 1. The largest absolute Gasteiger partial charge is 0.379 e. The molecular weight excluding hydrogens is 259 g/mol. The molecule has 2 fully saturated rings. The van der Waals surface area contributed by atoms with Crippen molar-refractivity contribution in [2.45, 2.75) is 31.2 Å². The van der Waals surface area contributed by atoms with Gasteiger partial charge in [-0.25, -0.2) is 4.39 Å². The summed E-state index contributed by atoms with van der Waals surface area (Å²) in [5.41, 5.74) is -0.0856. The van der Waals surface area contributed by atoms with E-state index >= 15 is 0 Å². The molecule has 5 heteroatoms. The third-order valence-electron chi connectivity index (χ3n) is 4.44. The molecule has 2 heterocycles. The summed E-state index contributed by atoms with van der Waals surface area (Å²) in [4.78, 5) is 19.0. The zero-order chi connectivity index (χ0) is 14.0. The van der Waals surface area contributed by atoms with E-state index in [-0.39, 0.29) is 5.78 Å². The fraction of sp³-hybridized carbons (Fsp3) is 0.600. The van der Waals surface area contributed by atoms with Crippen molar-refractivity contribution in [1.29, 1.82) is 0 Å². The number of ether oxygens (including phenoxy) is 1. The number of hydrogen-bond acceptors (Lipinski definition) is 4. The van der Waals surface area contributed by atoms with E-state index in [4.69, 9.17) is 4.74 Å². The summed E-state index contributed by atoms with van der Waals surface area (Å²) >= 11 is 0. The van der Waals surface area contributed by atoms with Gasteiger partial charge in [-0.1, -0.05) is 12.8 Å². The monoisotopic (exact) mass is 278 g/mol. The summed E-state index contributed by atoms with van der Waals surface area (Å²) in [7, 11) is 0. The Labute approximate surface area is 117 Å². The van der Waals surface area contributed by atoms with Crippen LogP contribution in [0.3, 0.4) is 0 Å². The topological polar surface area (TPSA) is 42.4 Å². The van der Waals surface area contributed by atoms with Gasteiger partial charge in [-0.05, 0) is 18.9 Å². The van der Waals surface area contributed by atoms with Crippen LogP contribution in [0.5, 0.6) is 0 Å². The summed E-state index contributed by atoms with van der Waals surface area (Å²) in [6, 6.07) is 1.30. The highest BCUT2D eigenvalue weighted by Crippen LogP contribution is 2.38. The van der Waals surface area contributed by atoms with Gasteiger partial charge >= 0.3 is 0 Å². The van der Waals surface area contributed by atoms with Gasteiger partial charge in [0.05, 0.1) is 24.9 Å². The van der Waals surface area contributed by atoms with Crippen molar-refractivity contribution < 1.29 is 13.9 Å². The molecule has 0 aromatic carbocycles. The van der Waals surface area contributed by atoms with Crippen LogP contribution in [-0.4, -0.2) is 47.5 Å². The lowest BCUT2D eigenvalue weighted by molar-refractivity contribution is -0.0130. The first kappa shape index (κ1) is 13.6. The van der Waals surface area contributed by atoms with E-state index in [2.05, 4.69) is 9.88 Å². The summed E-state index contributed by atoms with van der Waals surface area (Å²) in [5, 5.41) is 0. The minimum atomic E-state index is -0.473. The molecule has 0 bridgehead atoms. The Bertz CT molecular complexity index is 494. The van der Waals surface area contributed by atoms with Crippen LogP contribution < -0.4 is 0 Å². The molecule has 1 saturated carbocycles. The van der Waals surface area contributed by atoms with Gasteiger partial charge in [-0.2, -0.15) is 0 Å². The molecule has 0 radical (unpaired) electrons. The third-order valence-corrected chi connectivity index (χ3v) is 4.44. The summed E-state index contributed by atoms with van der Waals surface area (Å²) < 4.78 is 18.7. The molecule has 2 aliphatic rings. The van der Waals surface area contributed by atoms with E-state index in [1.54, 1.807) is 0 Å². The number of pyridine rings is 1. The highest BCUT2D eigenvalue weighted by atomic mass is 19.1. The lowest BCUT2D eigenvalue weighted by Gasteiger charge is -2.42. The molecule has 1 aromatic rings. The summed E-state index contributed by atoms with van der Waals surface area (Å²) in [6.07, 6.45) is 6.40. The second-order valence-corrected chi connectivity index (χ2v) is 5.56. The molecule has 1 aliphatic heterocycles. The van der Waals surface area contributed by atoms with Crippen molar-refractivity contribution >= 4 is 5.78 Å². The highest BCUT2D eigenvalue weighted by molar-refractivity contribution is 6.03. The van der Waals surface area contributed by atoms with Crippen LogP contribution in [0.1, 0.15) is 36.0 Å². The van der Waals surface area contributed by atoms with Gasteiger partial charge in [0, 0.05) is 24.8 Å². The molecule has 0 N–H and O–H groups in total. The van der Waals surface area contributed by atoms with Gasteiger partial charge in [0.2, 0.25) is 0 Å². The molecule has 1 aliphatic carbocycles. The molecule has 0 atom stereocenters. The second-order valence-electron chi connectivity index (χ2n) is 5.56. The number of hydrogen-bond donors (Lipinski definition) is 0. The Morgan fingerprint density at radius 1 is 1.25 bits per heavy atom. The zero-order valence-electron chi connectivity index (χ0n) is 11.5. The van der Waals surface area contributed by atoms with Crippen LogP contribution in [0.2, 0.25) is 0 Å². The summed E-state index contributed by atoms with van der Waals surface area (Å²) in [6.45, 7) is 2.87. The number of carbonyl (C=O) groups excluding carboxylic acids is 1. The number of morpholine rings is 1. The minimum absolute atomic E-state index is 0.0175. The van der Waals surface area contributed by atoms with Crippen molar-refractivity contribution in [3.05, 3.63) is 29.8 Å². The van der Waals surface area contributed by atoms with Gasteiger partial charge in [-0.15, -0.1) is 0 Å². The number of Topliss-reactive ketones (excluding diaryl/α,β-unsaturated/α-hetero) is 1. The molecule has 3 rings (SSSR count). The fourth-order valence-corrected chi connectivity index (χ4v) is 3.44. The molecular formula is C15H19FN2O2. The molecule has 1 saturated heterocycles. The number of rotatable bonds is 3. The molecule has 1 aromatic heterocycles. The SMILES string of the molecule is O=C(c1cncc(F)c1)C1(N2CCOCC2)CCCC1.